The summed E-state index contributed by atoms with van der Waals surface area (Å²) in [6.07, 6.45) is 0.405. The zero-order valence-electron chi connectivity index (χ0n) is 8.59. The van der Waals surface area contributed by atoms with E-state index in [0.29, 0.717) is 13.0 Å². The molecule has 0 aliphatic rings. The minimum absolute atomic E-state index is 0.254. The number of nitrogens with two attached hydrogens (primary N) is 1. The van der Waals surface area contributed by atoms with Crippen molar-refractivity contribution in [2.24, 2.45) is 5.73 Å². The highest BCUT2D eigenvalue weighted by atomic mass is 32.1. The molecule has 0 atom stereocenters. The lowest BCUT2D eigenvalue weighted by Gasteiger charge is -2.01. The highest BCUT2D eigenvalue weighted by Gasteiger charge is 2.02. The zero-order valence-corrected chi connectivity index (χ0v) is 9.41. The molecule has 1 heterocycles. The van der Waals surface area contributed by atoms with Crippen molar-refractivity contribution in [1.82, 2.24) is 5.32 Å². The third kappa shape index (κ3) is 3.47. The van der Waals surface area contributed by atoms with Crippen LogP contribution in [-0.2, 0) is 11.3 Å². The summed E-state index contributed by atoms with van der Waals surface area (Å²) in [5.74, 6) is -0.254. The Kier molecular flexibility index (Phi) is 4.10. The SMILES string of the molecule is Cc1cc(CNCCC(N)=O)c(C)s1. The highest BCUT2D eigenvalue weighted by molar-refractivity contribution is 7.12. The number of carbonyl (C=O) groups excluding carboxylic acids is 1. The standard InChI is InChI=1S/C10H16N2OS/c1-7-5-9(8(2)14-7)6-12-4-3-10(11)13/h5,12H,3-4,6H2,1-2H3,(H2,11,13). The van der Waals surface area contributed by atoms with E-state index in [2.05, 4.69) is 25.2 Å². The van der Waals surface area contributed by atoms with Gasteiger partial charge in [0.25, 0.3) is 0 Å². The molecule has 1 rings (SSSR count). The lowest BCUT2D eigenvalue weighted by molar-refractivity contribution is -0.117. The molecular weight excluding hydrogens is 196 g/mol. The van der Waals surface area contributed by atoms with Crippen molar-refractivity contribution in [3.05, 3.63) is 21.4 Å². The molecule has 1 amide bonds. The van der Waals surface area contributed by atoms with E-state index < -0.39 is 0 Å². The Morgan fingerprint density at radius 2 is 2.29 bits per heavy atom. The number of carbonyl (C=O) groups is 1. The van der Waals surface area contributed by atoms with Gasteiger partial charge in [0.15, 0.2) is 0 Å². The average Bonchev–Trinajstić information content (AvgIpc) is 2.39. The van der Waals surface area contributed by atoms with Gasteiger partial charge in [-0.25, -0.2) is 0 Å². The molecule has 0 fully saturated rings. The van der Waals surface area contributed by atoms with E-state index >= 15 is 0 Å². The molecule has 0 aromatic carbocycles. The van der Waals surface area contributed by atoms with Crippen LogP contribution in [0.25, 0.3) is 0 Å². The van der Waals surface area contributed by atoms with Gasteiger partial charge in [0.05, 0.1) is 0 Å². The van der Waals surface area contributed by atoms with Gasteiger partial charge in [-0.3, -0.25) is 4.79 Å². The number of hydrogen-bond acceptors (Lipinski definition) is 3. The molecule has 0 saturated heterocycles. The average molecular weight is 212 g/mol. The number of amides is 1. The van der Waals surface area contributed by atoms with Crippen LogP contribution in [0, 0.1) is 13.8 Å². The zero-order chi connectivity index (χ0) is 10.6. The number of thiophene rings is 1. The second-order valence-corrected chi connectivity index (χ2v) is 4.79. The molecular formula is C10H16N2OS. The Labute approximate surface area is 88.3 Å². The van der Waals surface area contributed by atoms with Gasteiger partial charge in [0.2, 0.25) is 5.91 Å². The largest absolute Gasteiger partial charge is 0.370 e. The number of hydrogen-bond donors (Lipinski definition) is 2. The number of primary amides is 1. The molecule has 4 heteroatoms. The summed E-state index contributed by atoms with van der Waals surface area (Å²) in [6.45, 7) is 5.69. The first-order valence-electron chi connectivity index (χ1n) is 4.64. The summed E-state index contributed by atoms with van der Waals surface area (Å²) in [5, 5.41) is 3.19. The van der Waals surface area contributed by atoms with E-state index in [-0.39, 0.29) is 5.91 Å². The maximum atomic E-state index is 10.5. The minimum atomic E-state index is -0.254. The molecule has 1 aromatic heterocycles. The molecule has 3 N–H and O–H groups in total. The van der Waals surface area contributed by atoms with Crippen molar-refractivity contribution in [3.8, 4) is 0 Å². The van der Waals surface area contributed by atoms with Crippen molar-refractivity contribution in [2.45, 2.75) is 26.8 Å². The molecule has 14 heavy (non-hydrogen) atoms. The molecule has 0 unspecified atom stereocenters. The molecule has 0 aliphatic heterocycles. The minimum Gasteiger partial charge on any atom is -0.370 e. The first-order valence-corrected chi connectivity index (χ1v) is 5.46. The fourth-order valence-corrected chi connectivity index (χ4v) is 2.24. The van der Waals surface area contributed by atoms with Gasteiger partial charge in [-0.05, 0) is 25.5 Å². The Balaban J connectivity index is 2.31. The highest BCUT2D eigenvalue weighted by Crippen LogP contribution is 2.19. The lowest BCUT2D eigenvalue weighted by atomic mass is 10.2. The van der Waals surface area contributed by atoms with Gasteiger partial charge in [-0.2, -0.15) is 0 Å². The summed E-state index contributed by atoms with van der Waals surface area (Å²) in [7, 11) is 0. The Bertz CT molecular complexity index is 320. The van der Waals surface area contributed by atoms with Gasteiger partial charge in [0, 0.05) is 29.3 Å². The molecule has 0 bridgehead atoms. The predicted octanol–water partition coefficient (Wildman–Crippen LogP) is 1.33. The van der Waals surface area contributed by atoms with E-state index in [1.54, 1.807) is 11.3 Å². The molecule has 78 valence electrons. The molecule has 1 aromatic rings. The molecule has 0 saturated carbocycles. The van der Waals surface area contributed by atoms with Crippen molar-refractivity contribution >= 4 is 17.2 Å². The normalized spacial score (nSPS) is 10.4. The fourth-order valence-electron chi connectivity index (χ4n) is 1.29. The van der Waals surface area contributed by atoms with Crippen molar-refractivity contribution < 1.29 is 4.79 Å². The van der Waals surface area contributed by atoms with Crippen LogP contribution in [0.2, 0.25) is 0 Å². The number of nitrogens with one attached hydrogen (secondary N) is 1. The smallest absolute Gasteiger partial charge is 0.218 e. The predicted molar refractivity (Wildman–Crippen MR) is 59.3 cm³/mol. The topological polar surface area (TPSA) is 55.1 Å². The van der Waals surface area contributed by atoms with Crippen molar-refractivity contribution in [3.63, 3.8) is 0 Å². The number of rotatable bonds is 5. The fraction of sp³-hybridized carbons (Fsp3) is 0.500. The Morgan fingerprint density at radius 1 is 1.57 bits per heavy atom. The quantitative estimate of drug-likeness (QED) is 0.723. The maximum absolute atomic E-state index is 10.5. The van der Waals surface area contributed by atoms with E-state index in [4.69, 9.17) is 5.73 Å². The van der Waals surface area contributed by atoms with Crippen molar-refractivity contribution in [2.75, 3.05) is 6.54 Å². The van der Waals surface area contributed by atoms with Gasteiger partial charge >= 0.3 is 0 Å². The van der Waals surface area contributed by atoms with Crippen LogP contribution in [0.1, 0.15) is 21.7 Å². The second kappa shape index (κ2) is 5.12. The first-order chi connectivity index (χ1) is 6.59. The molecule has 0 aliphatic carbocycles. The first kappa shape index (κ1) is 11.2. The molecule has 0 spiro atoms. The van der Waals surface area contributed by atoms with Crippen LogP contribution in [-0.4, -0.2) is 12.5 Å². The summed E-state index contributed by atoms with van der Waals surface area (Å²) in [4.78, 5) is 13.1. The second-order valence-electron chi connectivity index (χ2n) is 3.33. The monoisotopic (exact) mass is 212 g/mol. The lowest BCUT2D eigenvalue weighted by Crippen LogP contribution is -2.21. The van der Waals surface area contributed by atoms with E-state index in [1.807, 2.05) is 0 Å². The summed E-state index contributed by atoms with van der Waals surface area (Å²) in [5.41, 5.74) is 6.35. The maximum Gasteiger partial charge on any atom is 0.218 e. The van der Waals surface area contributed by atoms with Gasteiger partial charge < -0.3 is 11.1 Å². The van der Waals surface area contributed by atoms with E-state index in [1.165, 1.54) is 15.3 Å². The van der Waals surface area contributed by atoms with Crippen LogP contribution in [0.4, 0.5) is 0 Å². The van der Waals surface area contributed by atoms with Gasteiger partial charge in [-0.1, -0.05) is 0 Å². The van der Waals surface area contributed by atoms with Crippen LogP contribution in [0.15, 0.2) is 6.07 Å². The van der Waals surface area contributed by atoms with Crippen molar-refractivity contribution in [1.29, 1.82) is 0 Å². The summed E-state index contributed by atoms with van der Waals surface area (Å²) >= 11 is 1.80. The van der Waals surface area contributed by atoms with Crippen LogP contribution < -0.4 is 11.1 Å². The van der Waals surface area contributed by atoms with E-state index in [0.717, 1.165) is 6.54 Å². The Hall–Kier alpha value is -0.870. The Morgan fingerprint density at radius 3 is 2.79 bits per heavy atom. The summed E-state index contributed by atoms with van der Waals surface area (Å²) < 4.78 is 0. The van der Waals surface area contributed by atoms with E-state index in [9.17, 15) is 4.79 Å². The van der Waals surface area contributed by atoms with Gasteiger partial charge in [0.1, 0.15) is 0 Å². The van der Waals surface area contributed by atoms with Crippen LogP contribution in [0.3, 0.4) is 0 Å². The number of aryl methyl sites for hydroxylation is 2. The molecule has 0 radical (unpaired) electrons. The third-order valence-corrected chi connectivity index (χ3v) is 3.02. The summed E-state index contributed by atoms with van der Waals surface area (Å²) in [6, 6.07) is 2.18. The van der Waals surface area contributed by atoms with Crippen LogP contribution in [0.5, 0.6) is 0 Å². The third-order valence-electron chi connectivity index (χ3n) is 2.01. The van der Waals surface area contributed by atoms with Crippen LogP contribution >= 0.6 is 11.3 Å². The molecule has 3 nitrogen and oxygen atoms in total. The van der Waals surface area contributed by atoms with Gasteiger partial charge in [-0.15, -0.1) is 11.3 Å².